The molecule has 1 aliphatic rings. The van der Waals surface area contributed by atoms with Crippen LogP contribution in [0.2, 0.25) is 5.02 Å². The van der Waals surface area contributed by atoms with E-state index in [0.717, 1.165) is 22.9 Å². The van der Waals surface area contributed by atoms with Gasteiger partial charge in [-0.15, -0.1) is 6.42 Å². The van der Waals surface area contributed by atoms with Crippen LogP contribution in [0, 0.1) is 12.3 Å². The van der Waals surface area contributed by atoms with Crippen molar-refractivity contribution in [3.05, 3.63) is 64.7 Å². The Balaban J connectivity index is 1.65. The summed E-state index contributed by atoms with van der Waals surface area (Å²) in [5, 5.41) is -0.125. The Morgan fingerprint density at radius 3 is 2.58 bits per heavy atom. The van der Waals surface area contributed by atoms with Crippen molar-refractivity contribution in [2.75, 3.05) is 6.61 Å². The molecule has 0 aromatic heterocycles. The molecule has 1 heterocycles. The predicted molar refractivity (Wildman–Crippen MR) is 103 cm³/mol. The molecule has 1 atom stereocenters. The van der Waals surface area contributed by atoms with E-state index in [0.29, 0.717) is 17.2 Å². The van der Waals surface area contributed by atoms with Crippen LogP contribution < -0.4 is 4.74 Å². The predicted octanol–water partition coefficient (Wildman–Crippen LogP) is 4.16. The maximum absolute atomic E-state index is 12.6. The van der Waals surface area contributed by atoms with Crippen molar-refractivity contribution in [2.45, 2.75) is 18.2 Å². The summed E-state index contributed by atoms with van der Waals surface area (Å²) in [6, 6.07) is 14.6. The summed E-state index contributed by atoms with van der Waals surface area (Å²) in [6.45, 7) is 0.404. The van der Waals surface area contributed by atoms with E-state index in [2.05, 4.69) is 5.92 Å². The van der Waals surface area contributed by atoms with Crippen molar-refractivity contribution in [2.24, 2.45) is 0 Å². The summed E-state index contributed by atoms with van der Waals surface area (Å²) < 4.78 is 5.33. The number of ether oxygens (including phenoxy) is 1. The standard InChI is InChI=1S/C20H16ClNO3S/c1-2-11-25-16-9-7-14(8-10-16)12-18-19(23)22(20(24)26-18)13-15-5-3-4-6-17(15)21/h1,3-10,18H,11-13H2/t18-/m1/s1. The van der Waals surface area contributed by atoms with Crippen LogP contribution in [0.4, 0.5) is 4.79 Å². The summed E-state index contributed by atoms with van der Waals surface area (Å²) >= 11 is 7.19. The lowest BCUT2D eigenvalue weighted by molar-refractivity contribution is -0.127. The smallest absolute Gasteiger partial charge is 0.289 e. The summed E-state index contributed by atoms with van der Waals surface area (Å²) in [7, 11) is 0. The summed E-state index contributed by atoms with van der Waals surface area (Å²) in [6.07, 6.45) is 5.64. The SMILES string of the molecule is C#CCOc1ccc(C[C@H]2SC(=O)N(Cc3ccccc3Cl)C2=O)cc1. The molecule has 1 fully saturated rings. The minimum Gasteiger partial charge on any atom is -0.481 e. The number of nitrogens with zero attached hydrogens (tertiary/aromatic N) is 1. The van der Waals surface area contributed by atoms with E-state index >= 15 is 0 Å². The first-order valence-electron chi connectivity index (χ1n) is 7.99. The molecule has 4 nitrogen and oxygen atoms in total. The second kappa shape index (κ2) is 8.31. The van der Waals surface area contributed by atoms with Gasteiger partial charge in [-0.1, -0.05) is 59.6 Å². The molecule has 0 spiro atoms. The first-order chi connectivity index (χ1) is 12.6. The zero-order valence-corrected chi connectivity index (χ0v) is 15.4. The number of hydrogen-bond donors (Lipinski definition) is 0. The molecule has 2 amide bonds. The third kappa shape index (κ3) is 4.21. The molecule has 0 saturated carbocycles. The molecule has 0 aliphatic carbocycles. The molecule has 1 aliphatic heterocycles. The fourth-order valence-electron chi connectivity index (χ4n) is 2.63. The van der Waals surface area contributed by atoms with Gasteiger partial charge in [0.25, 0.3) is 5.24 Å². The van der Waals surface area contributed by atoms with Crippen LogP contribution in [0.25, 0.3) is 0 Å². The molecule has 0 radical (unpaired) electrons. The Bertz CT molecular complexity index is 860. The first-order valence-corrected chi connectivity index (χ1v) is 9.25. The fourth-order valence-corrected chi connectivity index (χ4v) is 3.85. The lowest BCUT2D eigenvalue weighted by Gasteiger charge is -2.15. The van der Waals surface area contributed by atoms with Gasteiger partial charge in [-0.05, 0) is 35.7 Å². The highest BCUT2D eigenvalue weighted by atomic mass is 35.5. The highest BCUT2D eigenvalue weighted by Crippen LogP contribution is 2.32. The van der Waals surface area contributed by atoms with Crippen LogP contribution in [0.3, 0.4) is 0 Å². The van der Waals surface area contributed by atoms with E-state index in [4.69, 9.17) is 22.8 Å². The van der Waals surface area contributed by atoms with Gasteiger partial charge in [0.05, 0.1) is 11.8 Å². The second-order valence-electron chi connectivity index (χ2n) is 5.73. The lowest BCUT2D eigenvalue weighted by atomic mass is 10.1. The Morgan fingerprint density at radius 2 is 1.88 bits per heavy atom. The highest BCUT2D eigenvalue weighted by Gasteiger charge is 2.39. The van der Waals surface area contributed by atoms with Crippen LogP contribution in [-0.2, 0) is 17.8 Å². The van der Waals surface area contributed by atoms with Crippen LogP contribution in [0.5, 0.6) is 5.75 Å². The molecule has 132 valence electrons. The number of rotatable bonds is 6. The minimum atomic E-state index is -0.428. The Hall–Kier alpha value is -2.42. The second-order valence-corrected chi connectivity index (χ2v) is 7.29. The number of amides is 2. The molecule has 6 heteroatoms. The molecule has 1 saturated heterocycles. The van der Waals surface area contributed by atoms with Gasteiger partial charge in [-0.25, -0.2) is 0 Å². The van der Waals surface area contributed by atoms with Crippen LogP contribution in [0.1, 0.15) is 11.1 Å². The Kier molecular flexibility index (Phi) is 5.87. The highest BCUT2D eigenvalue weighted by molar-refractivity contribution is 8.15. The molecule has 3 rings (SSSR count). The van der Waals surface area contributed by atoms with Crippen molar-refractivity contribution in [1.29, 1.82) is 0 Å². The van der Waals surface area contributed by atoms with Crippen molar-refractivity contribution in [3.63, 3.8) is 0 Å². The van der Waals surface area contributed by atoms with Crippen LogP contribution in [0.15, 0.2) is 48.5 Å². The van der Waals surface area contributed by atoms with Gasteiger partial charge in [0.1, 0.15) is 12.4 Å². The zero-order chi connectivity index (χ0) is 18.5. The third-order valence-corrected chi connectivity index (χ3v) is 5.40. The van der Waals surface area contributed by atoms with Crippen molar-refractivity contribution >= 4 is 34.5 Å². The summed E-state index contributed by atoms with van der Waals surface area (Å²) in [5.41, 5.74) is 1.71. The largest absolute Gasteiger partial charge is 0.481 e. The third-order valence-electron chi connectivity index (χ3n) is 3.96. The molecule has 0 bridgehead atoms. The van der Waals surface area contributed by atoms with E-state index < -0.39 is 5.25 Å². The van der Waals surface area contributed by atoms with E-state index in [-0.39, 0.29) is 24.3 Å². The van der Waals surface area contributed by atoms with E-state index in [1.807, 2.05) is 30.3 Å². The maximum atomic E-state index is 12.6. The molecule has 2 aromatic carbocycles. The molecule has 2 aromatic rings. The van der Waals surface area contributed by atoms with Gasteiger partial charge < -0.3 is 4.74 Å². The van der Waals surface area contributed by atoms with Gasteiger partial charge in [0.2, 0.25) is 5.91 Å². The normalized spacial score (nSPS) is 16.6. The summed E-state index contributed by atoms with van der Waals surface area (Å²) in [5.74, 6) is 2.89. The number of hydrogen-bond acceptors (Lipinski definition) is 4. The van der Waals surface area contributed by atoms with Crippen LogP contribution >= 0.6 is 23.4 Å². The van der Waals surface area contributed by atoms with Crippen molar-refractivity contribution in [3.8, 4) is 18.1 Å². The van der Waals surface area contributed by atoms with Gasteiger partial charge in [-0.3, -0.25) is 14.5 Å². The topological polar surface area (TPSA) is 46.6 Å². The zero-order valence-electron chi connectivity index (χ0n) is 13.9. The van der Waals surface area contributed by atoms with Gasteiger partial charge in [-0.2, -0.15) is 0 Å². The van der Waals surface area contributed by atoms with Crippen LogP contribution in [-0.4, -0.2) is 27.9 Å². The Labute approximate surface area is 161 Å². The maximum Gasteiger partial charge on any atom is 0.289 e. The molecule has 0 N–H and O–H groups in total. The minimum absolute atomic E-state index is 0.187. The quantitative estimate of drug-likeness (QED) is 0.700. The number of terminal acetylenes is 1. The fraction of sp³-hybridized carbons (Fsp3) is 0.200. The van der Waals surface area contributed by atoms with Crippen molar-refractivity contribution in [1.82, 2.24) is 4.90 Å². The average molecular weight is 386 g/mol. The van der Waals surface area contributed by atoms with Gasteiger partial charge in [0.15, 0.2) is 0 Å². The first kappa shape index (κ1) is 18.4. The molecule has 0 unspecified atom stereocenters. The number of thioether (sulfide) groups is 1. The average Bonchev–Trinajstić information content (AvgIpc) is 2.90. The molecule has 26 heavy (non-hydrogen) atoms. The number of benzene rings is 2. The van der Waals surface area contributed by atoms with E-state index in [1.165, 1.54) is 4.90 Å². The lowest BCUT2D eigenvalue weighted by Crippen LogP contribution is -2.31. The van der Waals surface area contributed by atoms with E-state index in [1.54, 1.807) is 18.2 Å². The monoisotopic (exact) mass is 385 g/mol. The van der Waals surface area contributed by atoms with Gasteiger partial charge in [0, 0.05) is 5.02 Å². The number of carbonyl (C=O) groups excluding carboxylic acids is 2. The van der Waals surface area contributed by atoms with Gasteiger partial charge >= 0.3 is 0 Å². The number of halogens is 1. The van der Waals surface area contributed by atoms with Crippen molar-refractivity contribution < 1.29 is 14.3 Å². The number of carbonyl (C=O) groups is 2. The molecular weight excluding hydrogens is 370 g/mol. The van der Waals surface area contributed by atoms with E-state index in [9.17, 15) is 9.59 Å². The Morgan fingerprint density at radius 1 is 1.15 bits per heavy atom. The molecular formula is C20H16ClNO3S. The number of imide groups is 1. The summed E-state index contributed by atoms with van der Waals surface area (Å²) in [4.78, 5) is 26.2.